The predicted octanol–water partition coefficient (Wildman–Crippen LogP) is 4.21. The molecule has 9 heteroatoms. The van der Waals surface area contributed by atoms with Gasteiger partial charge in [-0.2, -0.15) is 0 Å². The quantitative estimate of drug-likeness (QED) is 0.272. The number of hydrogen-bond donors (Lipinski definition) is 1. The second kappa shape index (κ2) is 11.1. The minimum atomic E-state index is -0.244. The molecule has 4 aromatic rings. The highest BCUT2D eigenvalue weighted by molar-refractivity contribution is 7.99. The lowest BCUT2D eigenvalue weighted by atomic mass is 9.98. The van der Waals surface area contributed by atoms with E-state index in [2.05, 4.69) is 27.5 Å². The Morgan fingerprint density at radius 3 is 2.38 bits per heavy atom. The third-order valence-electron chi connectivity index (χ3n) is 5.56. The number of unbranched alkanes of at least 4 members (excludes halogenated alkanes) is 1. The molecule has 0 saturated carbocycles. The summed E-state index contributed by atoms with van der Waals surface area (Å²) in [5.41, 5.74) is 3.48. The molecule has 0 aliphatic rings. The summed E-state index contributed by atoms with van der Waals surface area (Å²) < 4.78 is 3.08. The molecular weight excluding hydrogens is 448 g/mol. The highest BCUT2D eigenvalue weighted by Crippen LogP contribution is 2.30. The van der Waals surface area contributed by atoms with Crippen LogP contribution in [0.4, 0.5) is 0 Å². The Morgan fingerprint density at radius 2 is 1.71 bits per heavy atom. The maximum atomic E-state index is 13.2. The summed E-state index contributed by atoms with van der Waals surface area (Å²) in [6, 6.07) is 17.7. The van der Waals surface area contributed by atoms with Crippen LogP contribution in [0.25, 0.3) is 22.5 Å². The largest absolute Gasteiger partial charge is 0.332 e. The first-order valence-electron chi connectivity index (χ1n) is 11.5. The molecule has 4 rings (SSSR count). The van der Waals surface area contributed by atoms with E-state index in [1.54, 1.807) is 22.4 Å². The summed E-state index contributed by atoms with van der Waals surface area (Å²) in [7, 11) is 0. The van der Waals surface area contributed by atoms with E-state index in [4.69, 9.17) is 0 Å². The highest BCUT2D eigenvalue weighted by Gasteiger charge is 2.14. The monoisotopic (exact) mass is 476 g/mol. The lowest BCUT2D eigenvalue weighted by Gasteiger charge is -2.15. The van der Waals surface area contributed by atoms with Gasteiger partial charge < -0.3 is 0 Å². The van der Waals surface area contributed by atoms with Crippen molar-refractivity contribution >= 4 is 11.8 Å². The number of nitrogens with one attached hydrogen (secondary N) is 1. The number of aromatic amines is 1. The summed E-state index contributed by atoms with van der Waals surface area (Å²) >= 11 is 1.55. The Hall–Kier alpha value is -3.46. The molecule has 1 N–H and O–H groups in total. The van der Waals surface area contributed by atoms with Crippen LogP contribution in [0.3, 0.4) is 0 Å². The smallest absolute Gasteiger partial charge is 0.283 e. The van der Waals surface area contributed by atoms with Gasteiger partial charge in [-0.25, -0.2) is 9.89 Å². The van der Waals surface area contributed by atoms with Gasteiger partial charge in [-0.3, -0.25) is 13.9 Å². The van der Waals surface area contributed by atoms with Crippen molar-refractivity contribution in [2.75, 3.05) is 5.75 Å². The summed E-state index contributed by atoms with van der Waals surface area (Å²) in [4.78, 5) is 25.8. The van der Waals surface area contributed by atoms with E-state index in [9.17, 15) is 9.59 Å². The number of thioether (sulfide) groups is 1. The van der Waals surface area contributed by atoms with Gasteiger partial charge in [0.15, 0.2) is 5.82 Å². The number of benzene rings is 2. The molecule has 0 spiro atoms. The van der Waals surface area contributed by atoms with Crippen LogP contribution >= 0.6 is 11.8 Å². The van der Waals surface area contributed by atoms with E-state index in [-0.39, 0.29) is 11.2 Å². The van der Waals surface area contributed by atoms with Crippen molar-refractivity contribution in [3.63, 3.8) is 0 Å². The standard InChI is InChI=1S/C25H28N6O2S/c1-3-5-14-30-22(32)16-23(34-15-4-2)31(25(30)33)17-18-10-12-19(13-11-18)20-8-6-7-9-21(20)24-26-28-29-27-24/h6-13,16H,3-5,14-15,17H2,1-2H3,(H,26,27,28,29). The summed E-state index contributed by atoms with van der Waals surface area (Å²) in [5.74, 6) is 1.46. The Morgan fingerprint density at radius 1 is 0.941 bits per heavy atom. The van der Waals surface area contributed by atoms with Gasteiger partial charge in [0.25, 0.3) is 5.56 Å². The molecule has 2 aromatic heterocycles. The summed E-state index contributed by atoms with van der Waals surface area (Å²) in [6.45, 7) is 4.99. The van der Waals surface area contributed by atoms with E-state index in [0.29, 0.717) is 18.9 Å². The van der Waals surface area contributed by atoms with Crippen molar-refractivity contribution in [3.05, 3.63) is 81.0 Å². The molecule has 0 aliphatic carbocycles. The van der Waals surface area contributed by atoms with Crippen molar-refractivity contribution < 1.29 is 0 Å². The van der Waals surface area contributed by atoms with Crippen molar-refractivity contribution in [1.29, 1.82) is 0 Å². The molecule has 0 atom stereocenters. The van der Waals surface area contributed by atoms with E-state index in [1.165, 1.54) is 4.57 Å². The molecule has 0 amide bonds. The van der Waals surface area contributed by atoms with Crippen LogP contribution in [0.5, 0.6) is 0 Å². The van der Waals surface area contributed by atoms with Gasteiger partial charge in [-0.05, 0) is 45.7 Å². The third kappa shape index (κ3) is 5.20. The fourth-order valence-corrected chi connectivity index (χ4v) is 4.67. The molecule has 0 saturated heterocycles. The first-order valence-corrected chi connectivity index (χ1v) is 12.5. The van der Waals surface area contributed by atoms with E-state index < -0.39 is 0 Å². The predicted molar refractivity (Wildman–Crippen MR) is 135 cm³/mol. The molecule has 0 bridgehead atoms. The molecule has 0 radical (unpaired) electrons. The van der Waals surface area contributed by atoms with Crippen molar-refractivity contribution in [3.8, 4) is 22.5 Å². The number of nitrogens with zero attached hydrogens (tertiary/aromatic N) is 5. The first kappa shape index (κ1) is 23.7. The zero-order chi connectivity index (χ0) is 23.9. The maximum absolute atomic E-state index is 13.2. The van der Waals surface area contributed by atoms with E-state index in [0.717, 1.165) is 52.3 Å². The molecule has 176 valence electrons. The molecular formula is C25H28N6O2S. The number of rotatable bonds is 10. The number of H-pyrrole nitrogens is 1. The molecule has 8 nitrogen and oxygen atoms in total. The zero-order valence-electron chi connectivity index (χ0n) is 19.4. The lowest BCUT2D eigenvalue weighted by Crippen LogP contribution is -2.40. The van der Waals surface area contributed by atoms with Crippen LogP contribution < -0.4 is 11.2 Å². The Bertz CT molecular complexity index is 1340. The minimum absolute atomic E-state index is 0.220. The van der Waals surface area contributed by atoms with Crippen LogP contribution in [0.15, 0.2) is 69.2 Å². The van der Waals surface area contributed by atoms with Crippen molar-refractivity contribution in [1.82, 2.24) is 29.8 Å². The number of hydrogen-bond acceptors (Lipinski definition) is 6. The molecule has 2 heterocycles. The average molecular weight is 477 g/mol. The molecule has 34 heavy (non-hydrogen) atoms. The molecule has 0 aliphatic heterocycles. The van der Waals surface area contributed by atoms with Gasteiger partial charge in [0.2, 0.25) is 0 Å². The maximum Gasteiger partial charge on any atom is 0.332 e. The lowest BCUT2D eigenvalue weighted by molar-refractivity contribution is 0.522. The Balaban J connectivity index is 1.66. The van der Waals surface area contributed by atoms with Crippen molar-refractivity contribution in [2.45, 2.75) is 51.2 Å². The normalized spacial score (nSPS) is 11.1. The van der Waals surface area contributed by atoms with Crippen LogP contribution in [0.1, 0.15) is 38.7 Å². The van der Waals surface area contributed by atoms with Gasteiger partial charge in [0.1, 0.15) is 0 Å². The van der Waals surface area contributed by atoms with Gasteiger partial charge in [0, 0.05) is 18.2 Å². The van der Waals surface area contributed by atoms with Crippen LogP contribution in [0.2, 0.25) is 0 Å². The molecule has 2 aromatic carbocycles. The first-order chi connectivity index (χ1) is 16.6. The summed E-state index contributed by atoms with van der Waals surface area (Å²) in [6.07, 6.45) is 2.68. The van der Waals surface area contributed by atoms with E-state index in [1.807, 2.05) is 55.5 Å². The minimum Gasteiger partial charge on any atom is -0.283 e. The fraction of sp³-hybridized carbons (Fsp3) is 0.320. The summed E-state index contributed by atoms with van der Waals surface area (Å²) in [5, 5.41) is 15.0. The zero-order valence-corrected chi connectivity index (χ0v) is 20.2. The van der Waals surface area contributed by atoms with Gasteiger partial charge >= 0.3 is 5.69 Å². The third-order valence-corrected chi connectivity index (χ3v) is 6.81. The highest BCUT2D eigenvalue weighted by atomic mass is 32.2. The van der Waals surface area contributed by atoms with E-state index >= 15 is 0 Å². The van der Waals surface area contributed by atoms with Crippen LogP contribution in [-0.4, -0.2) is 35.5 Å². The van der Waals surface area contributed by atoms with Gasteiger partial charge in [0.05, 0.1) is 11.6 Å². The second-order valence-corrected chi connectivity index (χ2v) is 9.15. The number of aromatic nitrogens is 6. The topological polar surface area (TPSA) is 98.5 Å². The molecule has 0 unspecified atom stereocenters. The van der Waals surface area contributed by atoms with Gasteiger partial charge in [-0.1, -0.05) is 68.8 Å². The van der Waals surface area contributed by atoms with Crippen LogP contribution in [0, 0.1) is 0 Å². The van der Waals surface area contributed by atoms with Gasteiger partial charge in [-0.15, -0.1) is 16.9 Å². The average Bonchev–Trinajstić information content (AvgIpc) is 3.40. The Kier molecular flexibility index (Phi) is 7.74. The van der Waals surface area contributed by atoms with Crippen molar-refractivity contribution in [2.24, 2.45) is 0 Å². The second-order valence-electron chi connectivity index (χ2n) is 8.04. The number of tetrazole rings is 1. The SMILES string of the molecule is CCCCn1c(=O)cc(SCCC)n(Cc2ccc(-c3ccccc3-c3nnn[nH]3)cc2)c1=O. The molecule has 0 fully saturated rings. The Labute approximate surface area is 202 Å². The fourth-order valence-electron chi connectivity index (χ4n) is 3.78. The van der Waals surface area contributed by atoms with Crippen LogP contribution in [-0.2, 0) is 13.1 Å².